The number of rotatable bonds is 5. The van der Waals surface area contributed by atoms with Gasteiger partial charge in [0.2, 0.25) is 5.91 Å². The molecule has 0 N–H and O–H groups in total. The summed E-state index contributed by atoms with van der Waals surface area (Å²) in [5.41, 5.74) is 1.25. The molecule has 0 aliphatic carbocycles. The minimum absolute atomic E-state index is 0.103. The Labute approximate surface area is 135 Å². The molecule has 6 nitrogen and oxygen atoms in total. The molecule has 1 saturated heterocycles. The molecule has 23 heavy (non-hydrogen) atoms. The number of para-hydroxylation sites is 1. The van der Waals surface area contributed by atoms with E-state index in [9.17, 15) is 13.2 Å². The van der Waals surface area contributed by atoms with Gasteiger partial charge in [0.25, 0.3) is 0 Å². The minimum atomic E-state index is -3.11. The van der Waals surface area contributed by atoms with Crippen LogP contribution >= 0.6 is 0 Å². The molecule has 1 amide bonds. The Morgan fingerprint density at radius 2 is 2.04 bits per heavy atom. The number of hydrogen-bond acceptors (Lipinski definition) is 5. The number of fused-ring (bicyclic) bond motifs is 1. The maximum atomic E-state index is 12.3. The number of hydrogen-bond donors (Lipinski definition) is 0. The molecule has 124 valence electrons. The van der Waals surface area contributed by atoms with Crippen LogP contribution in [0.5, 0.6) is 0 Å². The van der Waals surface area contributed by atoms with Crippen LogP contribution in [0.4, 0.5) is 0 Å². The Morgan fingerprint density at radius 1 is 1.35 bits per heavy atom. The van der Waals surface area contributed by atoms with Crippen LogP contribution in [-0.2, 0) is 21.1 Å². The van der Waals surface area contributed by atoms with E-state index in [4.69, 9.17) is 4.52 Å². The third-order valence-corrected chi connectivity index (χ3v) is 6.49. The first kappa shape index (κ1) is 16.0. The molecular weight excluding hydrogens is 316 g/mol. The molecule has 3 rings (SSSR count). The van der Waals surface area contributed by atoms with Crippen molar-refractivity contribution in [2.75, 3.05) is 18.8 Å². The second-order valence-corrected chi connectivity index (χ2v) is 8.77. The van der Waals surface area contributed by atoms with Gasteiger partial charge in [-0.15, -0.1) is 0 Å². The van der Waals surface area contributed by atoms with Gasteiger partial charge >= 0.3 is 0 Å². The summed E-state index contributed by atoms with van der Waals surface area (Å²) >= 11 is 0. The topological polar surface area (TPSA) is 80.5 Å². The maximum absolute atomic E-state index is 12.3. The standard InChI is InChI=1S/C16H20N2O4S/c1-11(2)10-23(20,21)12-8-18(9-12)16(19)7-14-13-5-3-4-6-15(13)22-17-14/h3-6,11-12H,7-10H2,1-2H3. The average molecular weight is 336 g/mol. The number of sulfone groups is 1. The molecule has 1 aromatic heterocycles. The molecule has 1 aliphatic heterocycles. The lowest BCUT2D eigenvalue weighted by molar-refractivity contribution is -0.133. The van der Waals surface area contributed by atoms with Crippen molar-refractivity contribution in [3.8, 4) is 0 Å². The van der Waals surface area contributed by atoms with Crippen molar-refractivity contribution in [2.24, 2.45) is 5.92 Å². The van der Waals surface area contributed by atoms with E-state index in [2.05, 4.69) is 5.16 Å². The smallest absolute Gasteiger partial charge is 0.228 e. The van der Waals surface area contributed by atoms with Crippen LogP contribution in [-0.4, -0.2) is 48.5 Å². The van der Waals surface area contributed by atoms with Crippen LogP contribution in [0.1, 0.15) is 19.5 Å². The van der Waals surface area contributed by atoms with Crippen molar-refractivity contribution in [1.82, 2.24) is 10.1 Å². The second-order valence-electron chi connectivity index (χ2n) is 6.45. The highest BCUT2D eigenvalue weighted by Gasteiger charge is 2.39. The highest BCUT2D eigenvalue weighted by molar-refractivity contribution is 7.92. The van der Waals surface area contributed by atoms with Gasteiger partial charge in [0.15, 0.2) is 15.4 Å². The summed E-state index contributed by atoms with van der Waals surface area (Å²) in [6, 6.07) is 7.37. The molecule has 7 heteroatoms. The van der Waals surface area contributed by atoms with Crippen molar-refractivity contribution in [3.63, 3.8) is 0 Å². The van der Waals surface area contributed by atoms with E-state index in [1.807, 2.05) is 32.0 Å². The summed E-state index contributed by atoms with van der Waals surface area (Å²) in [6.45, 7) is 4.33. The third-order valence-electron chi connectivity index (χ3n) is 4.05. The fourth-order valence-corrected chi connectivity index (χ4v) is 4.81. The zero-order valence-electron chi connectivity index (χ0n) is 13.2. The van der Waals surface area contributed by atoms with Gasteiger partial charge in [-0.1, -0.05) is 31.1 Å². The molecule has 0 spiro atoms. The molecular formula is C16H20N2O4S. The van der Waals surface area contributed by atoms with Gasteiger partial charge in [-0.3, -0.25) is 4.79 Å². The lowest BCUT2D eigenvalue weighted by Crippen LogP contribution is -2.58. The molecule has 2 heterocycles. The van der Waals surface area contributed by atoms with E-state index in [1.165, 1.54) is 0 Å². The number of carbonyl (C=O) groups is 1. The van der Waals surface area contributed by atoms with Gasteiger partial charge in [0.05, 0.1) is 17.4 Å². The van der Waals surface area contributed by atoms with Crippen LogP contribution in [0, 0.1) is 5.92 Å². The lowest BCUT2D eigenvalue weighted by Gasteiger charge is -2.38. The number of carbonyl (C=O) groups excluding carboxylic acids is 1. The summed E-state index contributed by atoms with van der Waals surface area (Å²) in [4.78, 5) is 13.9. The van der Waals surface area contributed by atoms with Gasteiger partial charge in [0, 0.05) is 18.5 Å². The number of aromatic nitrogens is 1. The molecule has 0 unspecified atom stereocenters. The molecule has 0 bridgehead atoms. The SMILES string of the molecule is CC(C)CS(=O)(=O)C1CN(C(=O)Cc2noc3ccccc23)C1. The first-order chi connectivity index (χ1) is 10.9. The maximum Gasteiger partial charge on any atom is 0.228 e. The Hall–Kier alpha value is -1.89. The Morgan fingerprint density at radius 3 is 2.74 bits per heavy atom. The van der Waals surface area contributed by atoms with Crippen LogP contribution in [0.15, 0.2) is 28.8 Å². The fraction of sp³-hybridized carbons (Fsp3) is 0.500. The number of nitrogens with zero attached hydrogens (tertiary/aromatic N) is 2. The first-order valence-corrected chi connectivity index (χ1v) is 9.41. The summed E-state index contributed by atoms with van der Waals surface area (Å²) in [5, 5.41) is 4.34. The number of amides is 1. The quantitative estimate of drug-likeness (QED) is 0.829. The largest absolute Gasteiger partial charge is 0.356 e. The van der Waals surface area contributed by atoms with Gasteiger partial charge in [-0.2, -0.15) is 0 Å². The van der Waals surface area contributed by atoms with E-state index in [0.29, 0.717) is 11.3 Å². The molecule has 1 aliphatic rings. The summed E-state index contributed by atoms with van der Waals surface area (Å²) in [6.07, 6.45) is 0.133. The Balaban J connectivity index is 1.61. The number of benzene rings is 1. The highest BCUT2D eigenvalue weighted by Crippen LogP contribution is 2.22. The van der Waals surface area contributed by atoms with Gasteiger partial charge in [-0.05, 0) is 18.1 Å². The van der Waals surface area contributed by atoms with E-state index >= 15 is 0 Å². The van der Waals surface area contributed by atoms with Crippen molar-refractivity contribution in [2.45, 2.75) is 25.5 Å². The zero-order valence-corrected chi connectivity index (χ0v) is 14.0. The van der Waals surface area contributed by atoms with Gasteiger partial charge < -0.3 is 9.42 Å². The van der Waals surface area contributed by atoms with Crippen LogP contribution in [0.3, 0.4) is 0 Å². The lowest BCUT2D eigenvalue weighted by atomic mass is 10.1. The van der Waals surface area contributed by atoms with Crippen LogP contribution < -0.4 is 0 Å². The first-order valence-electron chi connectivity index (χ1n) is 7.69. The van der Waals surface area contributed by atoms with Gasteiger partial charge in [-0.25, -0.2) is 8.42 Å². The molecule has 1 fully saturated rings. The van der Waals surface area contributed by atoms with Crippen LogP contribution in [0.25, 0.3) is 11.0 Å². The summed E-state index contributed by atoms with van der Waals surface area (Å²) < 4.78 is 29.4. The highest BCUT2D eigenvalue weighted by atomic mass is 32.2. The minimum Gasteiger partial charge on any atom is -0.356 e. The Bertz CT molecular complexity index is 819. The Kier molecular flexibility index (Phi) is 4.14. The van der Waals surface area contributed by atoms with Crippen molar-refractivity contribution in [1.29, 1.82) is 0 Å². The van der Waals surface area contributed by atoms with Crippen molar-refractivity contribution < 1.29 is 17.7 Å². The van der Waals surface area contributed by atoms with Crippen LogP contribution in [0.2, 0.25) is 0 Å². The van der Waals surface area contributed by atoms with E-state index in [1.54, 1.807) is 11.0 Å². The molecule has 2 aromatic rings. The van der Waals surface area contributed by atoms with Crippen molar-refractivity contribution in [3.05, 3.63) is 30.0 Å². The summed E-state index contributed by atoms with van der Waals surface area (Å²) in [7, 11) is -3.11. The zero-order chi connectivity index (χ0) is 16.6. The fourth-order valence-electron chi connectivity index (χ4n) is 2.79. The van der Waals surface area contributed by atoms with E-state index < -0.39 is 15.1 Å². The molecule has 0 saturated carbocycles. The monoisotopic (exact) mass is 336 g/mol. The normalized spacial score (nSPS) is 16.0. The molecule has 0 atom stereocenters. The predicted molar refractivity (Wildman–Crippen MR) is 86.7 cm³/mol. The summed E-state index contributed by atoms with van der Waals surface area (Å²) in [5.74, 6) is 0.166. The second kappa shape index (κ2) is 5.96. The van der Waals surface area contributed by atoms with Gasteiger partial charge in [0.1, 0.15) is 5.69 Å². The van der Waals surface area contributed by atoms with Crippen molar-refractivity contribution >= 4 is 26.7 Å². The average Bonchev–Trinajstić information content (AvgIpc) is 2.78. The molecule has 0 radical (unpaired) electrons. The number of likely N-dealkylation sites (tertiary alicyclic amines) is 1. The predicted octanol–water partition coefficient (Wildman–Crippen LogP) is 1.65. The molecule has 1 aromatic carbocycles. The van der Waals surface area contributed by atoms with E-state index in [0.717, 1.165) is 5.39 Å². The van der Waals surface area contributed by atoms with E-state index in [-0.39, 0.29) is 37.1 Å². The third kappa shape index (κ3) is 3.24.